The minimum absolute atomic E-state index is 0.244. The third-order valence-electron chi connectivity index (χ3n) is 1.41. The van der Waals surface area contributed by atoms with Crippen LogP contribution in [0.1, 0.15) is 6.42 Å². The van der Waals surface area contributed by atoms with Crippen molar-refractivity contribution >= 4 is 11.4 Å². The summed E-state index contributed by atoms with van der Waals surface area (Å²) in [5.74, 6) is 0. The predicted octanol–water partition coefficient (Wildman–Crippen LogP) is 0.689. The van der Waals surface area contributed by atoms with Gasteiger partial charge in [0.2, 0.25) is 0 Å². The molecule has 0 radical (unpaired) electrons. The third kappa shape index (κ3) is 3.66. The lowest BCUT2D eigenvalue weighted by molar-refractivity contribution is 0.289. The number of hydrogen-bond donors (Lipinski definition) is 0. The van der Waals surface area contributed by atoms with Crippen LogP contribution in [0, 0.1) is 0 Å². The van der Waals surface area contributed by atoms with Gasteiger partial charge >= 0.3 is 0 Å². The highest BCUT2D eigenvalue weighted by Crippen LogP contribution is 1.93. The molecular formula is C7H10NO3S-. The van der Waals surface area contributed by atoms with Gasteiger partial charge in [-0.2, -0.15) is 0 Å². The van der Waals surface area contributed by atoms with Crippen molar-refractivity contribution in [1.29, 1.82) is 0 Å². The van der Waals surface area contributed by atoms with Crippen LogP contribution in [0.4, 0.5) is 0 Å². The van der Waals surface area contributed by atoms with Crippen LogP contribution in [0.25, 0.3) is 0 Å². The Morgan fingerprint density at radius 1 is 1.42 bits per heavy atom. The maximum absolute atomic E-state index is 9.93. The second-order valence-electron chi connectivity index (χ2n) is 2.30. The fraction of sp³-hybridized carbons (Fsp3) is 0.429. The molecule has 0 aliphatic heterocycles. The highest BCUT2D eigenvalue weighted by molar-refractivity contribution is 7.74. The summed E-state index contributed by atoms with van der Waals surface area (Å²) in [7, 11) is 0. The van der Waals surface area contributed by atoms with Crippen molar-refractivity contribution in [3.8, 4) is 0 Å². The number of rotatable bonds is 5. The Kier molecular flexibility index (Phi) is 3.99. The lowest BCUT2D eigenvalue weighted by atomic mass is 10.4. The summed E-state index contributed by atoms with van der Waals surface area (Å²) in [4.78, 5) is 0. The van der Waals surface area contributed by atoms with Crippen molar-refractivity contribution in [3.63, 3.8) is 0 Å². The molecule has 1 atom stereocenters. The van der Waals surface area contributed by atoms with E-state index in [1.165, 1.54) is 0 Å². The smallest absolute Gasteiger partial charge is 0.0842 e. The zero-order chi connectivity index (χ0) is 8.81. The molecule has 0 amide bonds. The second kappa shape index (κ2) is 5.08. The van der Waals surface area contributed by atoms with Crippen LogP contribution in [-0.2, 0) is 22.1 Å². The van der Waals surface area contributed by atoms with Crippen LogP contribution in [0.15, 0.2) is 24.5 Å². The van der Waals surface area contributed by atoms with Crippen LogP contribution in [0.5, 0.6) is 0 Å². The number of aromatic nitrogens is 1. The molecule has 0 saturated carbocycles. The largest absolute Gasteiger partial charge is 0.750 e. The number of nitrogens with zero attached hydrogens (tertiary/aromatic N) is 1. The zero-order valence-electron chi connectivity index (χ0n) is 6.51. The lowest BCUT2D eigenvalue weighted by Crippen LogP contribution is -2.02. The average Bonchev–Trinajstić information content (AvgIpc) is 2.49. The second-order valence-corrected chi connectivity index (χ2v) is 2.94. The standard InChI is InChI=1S/C7H11NO3S/c9-12(10)11-7-3-6-8-4-1-2-5-8/h1-2,4-5H,3,6-7H2,(H,9,10)/p-1. The predicted molar refractivity (Wildman–Crippen MR) is 43.9 cm³/mol. The lowest BCUT2D eigenvalue weighted by Gasteiger charge is -2.05. The van der Waals surface area contributed by atoms with E-state index in [9.17, 15) is 8.76 Å². The summed E-state index contributed by atoms with van der Waals surface area (Å²) in [6, 6.07) is 3.85. The van der Waals surface area contributed by atoms with E-state index in [1.807, 2.05) is 29.1 Å². The van der Waals surface area contributed by atoms with Gasteiger partial charge < -0.3 is 13.3 Å². The van der Waals surface area contributed by atoms with E-state index < -0.39 is 11.4 Å². The molecule has 0 aliphatic carbocycles. The Morgan fingerprint density at radius 3 is 2.67 bits per heavy atom. The van der Waals surface area contributed by atoms with E-state index in [1.54, 1.807) is 0 Å². The molecule has 0 N–H and O–H groups in total. The van der Waals surface area contributed by atoms with Crippen LogP contribution < -0.4 is 0 Å². The fourth-order valence-corrected chi connectivity index (χ4v) is 1.15. The first-order chi connectivity index (χ1) is 5.79. The molecule has 12 heavy (non-hydrogen) atoms. The SMILES string of the molecule is O=S([O-])OCCCn1cccc1. The van der Waals surface area contributed by atoms with Crippen molar-refractivity contribution in [2.24, 2.45) is 0 Å². The first-order valence-electron chi connectivity index (χ1n) is 3.62. The van der Waals surface area contributed by atoms with E-state index in [0.717, 1.165) is 6.54 Å². The Balaban J connectivity index is 2.07. The van der Waals surface area contributed by atoms with Gasteiger partial charge in [-0.25, -0.2) is 4.21 Å². The zero-order valence-corrected chi connectivity index (χ0v) is 7.33. The Bertz CT molecular complexity index is 235. The molecule has 1 aromatic rings. The quantitative estimate of drug-likeness (QED) is 0.504. The van der Waals surface area contributed by atoms with Crippen LogP contribution >= 0.6 is 0 Å². The maximum atomic E-state index is 9.93. The van der Waals surface area contributed by atoms with Gasteiger partial charge in [0.15, 0.2) is 0 Å². The summed E-state index contributed by atoms with van der Waals surface area (Å²) in [5, 5.41) is 0. The normalized spacial score (nSPS) is 13.1. The molecule has 1 unspecified atom stereocenters. The molecule has 0 fully saturated rings. The fourth-order valence-electron chi connectivity index (χ4n) is 0.893. The van der Waals surface area contributed by atoms with Crippen LogP contribution in [0.3, 0.4) is 0 Å². The van der Waals surface area contributed by atoms with E-state index in [4.69, 9.17) is 0 Å². The summed E-state index contributed by atoms with van der Waals surface area (Å²) in [5.41, 5.74) is 0. The van der Waals surface area contributed by atoms with Gasteiger partial charge in [0.05, 0.1) is 18.0 Å². The van der Waals surface area contributed by atoms with E-state index in [-0.39, 0.29) is 6.61 Å². The minimum Gasteiger partial charge on any atom is -0.750 e. The summed E-state index contributed by atoms with van der Waals surface area (Å²) < 4.78 is 26.2. The highest BCUT2D eigenvalue weighted by Gasteiger charge is 1.89. The van der Waals surface area contributed by atoms with E-state index in [0.29, 0.717) is 6.42 Å². The third-order valence-corrected chi connectivity index (χ3v) is 1.77. The van der Waals surface area contributed by atoms with Crippen LogP contribution in [-0.4, -0.2) is 19.9 Å². The number of hydrogen-bond acceptors (Lipinski definition) is 3. The first-order valence-corrected chi connectivity index (χ1v) is 4.62. The summed E-state index contributed by atoms with van der Waals surface area (Å²) in [6.45, 7) is 1.03. The monoisotopic (exact) mass is 188 g/mol. The molecular weight excluding hydrogens is 178 g/mol. The molecule has 0 bridgehead atoms. The van der Waals surface area contributed by atoms with Gasteiger partial charge in [0.25, 0.3) is 0 Å². The van der Waals surface area contributed by atoms with Gasteiger partial charge in [0, 0.05) is 18.9 Å². The van der Waals surface area contributed by atoms with E-state index in [2.05, 4.69) is 4.18 Å². The molecule has 1 aromatic heterocycles. The Morgan fingerprint density at radius 2 is 2.08 bits per heavy atom. The van der Waals surface area contributed by atoms with Gasteiger partial charge in [-0.3, -0.25) is 0 Å². The first kappa shape index (κ1) is 9.44. The molecule has 1 heterocycles. The van der Waals surface area contributed by atoms with Crippen LogP contribution in [0.2, 0.25) is 0 Å². The highest BCUT2D eigenvalue weighted by atomic mass is 32.2. The van der Waals surface area contributed by atoms with Gasteiger partial charge in [-0.15, -0.1) is 0 Å². The van der Waals surface area contributed by atoms with Crippen molar-refractivity contribution in [2.75, 3.05) is 6.61 Å². The molecule has 5 heteroatoms. The Hall–Kier alpha value is -0.650. The maximum Gasteiger partial charge on any atom is 0.0842 e. The minimum atomic E-state index is -2.37. The summed E-state index contributed by atoms with van der Waals surface area (Å²) in [6.07, 6.45) is 4.55. The van der Waals surface area contributed by atoms with Crippen molar-refractivity contribution < 1.29 is 12.9 Å². The molecule has 4 nitrogen and oxygen atoms in total. The topological polar surface area (TPSA) is 54.3 Å². The molecule has 0 aromatic carbocycles. The molecule has 0 spiro atoms. The number of aryl methyl sites for hydroxylation is 1. The van der Waals surface area contributed by atoms with E-state index >= 15 is 0 Å². The van der Waals surface area contributed by atoms with Crippen molar-refractivity contribution in [1.82, 2.24) is 4.57 Å². The van der Waals surface area contributed by atoms with Gasteiger partial charge in [0.1, 0.15) is 0 Å². The van der Waals surface area contributed by atoms with Crippen molar-refractivity contribution in [2.45, 2.75) is 13.0 Å². The molecule has 0 saturated heterocycles. The molecule has 1 rings (SSSR count). The van der Waals surface area contributed by atoms with Gasteiger partial charge in [-0.05, 0) is 18.6 Å². The molecule has 68 valence electrons. The summed E-state index contributed by atoms with van der Waals surface area (Å²) >= 11 is -2.37. The average molecular weight is 188 g/mol. The van der Waals surface area contributed by atoms with Crippen molar-refractivity contribution in [3.05, 3.63) is 24.5 Å². The molecule has 0 aliphatic rings. The Labute approximate surface area is 73.6 Å². The van der Waals surface area contributed by atoms with Gasteiger partial charge in [-0.1, -0.05) is 0 Å².